The monoisotopic (exact) mass is 201 g/mol. The van der Waals surface area contributed by atoms with Gasteiger partial charge in [-0.05, 0) is 39.8 Å². The van der Waals surface area contributed by atoms with Gasteiger partial charge in [-0.15, -0.1) is 0 Å². The third-order valence-electron chi connectivity index (χ3n) is 1.85. The van der Waals surface area contributed by atoms with Crippen molar-refractivity contribution >= 4 is 5.97 Å². The van der Waals surface area contributed by atoms with Crippen LogP contribution in [-0.2, 0) is 9.53 Å². The van der Waals surface area contributed by atoms with E-state index in [0.29, 0.717) is 12.5 Å². The van der Waals surface area contributed by atoms with Crippen LogP contribution in [0.5, 0.6) is 0 Å². The van der Waals surface area contributed by atoms with E-state index in [1.807, 2.05) is 25.8 Å². The third kappa shape index (κ3) is 8.05. The van der Waals surface area contributed by atoms with Gasteiger partial charge in [0.05, 0.1) is 12.6 Å². The van der Waals surface area contributed by atoms with Crippen molar-refractivity contribution in [2.45, 2.75) is 40.2 Å². The van der Waals surface area contributed by atoms with Gasteiger partial charge in [0.1, 0.15) is 0 Å². The van der Waals surface area contributed by atoms with Crippen molar-refractivity contribution in [1.29, 1.82) is 0 Å². The number of hydrogen-bond donors (Lipinski definition) is 0. The second-order valence-electron chi connectivity index (χ2n) is 4.46. The summed E-state index contributed by atoms with van der Waals surface area (Å²) in [6.45, 7) is 9.44. The van der Waals surface area contributed by atoms with Gasteiger partial charge in [0, 0.05) is 0 Å². The fraction of sp³-hybridized carbons (Fsp3) is 0.909. The Balaban J connectivity index is 3.60. The van der Waals surface area contributed by atoms with Crippen molar-refractivity contribution in [2.75, 3.05) is 20.1 Å². The second kappa shape index (κ2) is 6.82. The smallest absolute Gasteiger partial charge is 0.320 e. The molecule has 0 aliphatic heterocycles. The molecule has 0 aliphatic rings. The molecular formula is C11H23NO2. The first-order valence-electron chi connectivity index (χ1n) is 5.29. The molecule has 0 saturated carbocycles. The fourth-order valence-corrected chi connectivity index (χ4v) is 1.08. The first-order chi connectivity index (χ1) is 6.41. The molecule has 0 aromatic rings. The van der Waals surface area contributed by atoms with Crippen molar-refractivity contribution in [3.63, 3.8) is 0 Å². The number of rotatable bonds is 6. The first kappa shape index (κ1) is 13.4. The molecule has 3 heteroatoms. The Kier molecular flexibility index (Phi) is 6.54. The van der Waals surface area contributed by atoms with E-state index in [1.165, 1.54) is 0 Å². The lowest BCUT2D eigenvalue weighted by molar-refractivity contribution is -0.148. The topological polar surface area (TPSA) is 29.5 Å². The highest BCUT2D eigenvalue weighted by Gasteiger charge is 2.09. The molecule has 3 nitrogen and oxygen atoms in total. The van der Waals surface area contributed by atoms with Gasteiger partial charge in [0.2, 0.25) is 0 Å². The van der Waals surface area contributed by atoms with Crippen molar-refractivity contribution in [3.05, 3.63) is 0 Å². The number of esters is 1. The zero-order valence-corrected chi connectivity index (χ0v) is 10.0. The lowest BCUT2D eigenvalue weighted by atomic mass is 10.1. The molecule has 0 bridgehead atoms. The van der Waals surface area contributed by atoms with Gasteiger partial charge in [-0.2, -0.15) is 0 Å². The summed E-state index contributed by atoms with van der Waals surface area (Å²) in [5.74, 6) is 0.546. The summed E-state index contributed by atoms with van der Waals surface area (Å²) in [5.41, 5.74) is 0. The van der Waals surface area contributed by atoms with Crippen LogP contribution < -0.4 is 0 Å². The Labute approximate surface area is 87.4 Å². The van der Waals surface area contributed by atoms with E-state index in [9.17, 15) is 4.79 Å². The van der Waals surface area contributed by atoms with E-state index in [4.69, 9.17) is 4.74 Å². The molecule has 0 amide bonds. The lowest BCUT2D eigenvalue weighted by Crippen LogP contribution is -2.30. The average molecular weight is 201 g/mol. The molecule has 0 aromatic heterocycles. The summed E-state index contributed by atoms with van der Waals surface area (Å²) in [4.78, 5) is 13.2. The number of carbonyl (C=O) groups excluding carboxylic acids is 1. The third-order valence-corrected chi connectivity index (χ3v) is 1.85. The number of ether oxygens (including phenoxy) is 1. The van der Waals surface area contributed by atoms with Crippen molar-refractivity contribution in [3.8, 4) is 0 Å². The maximum atomic E-state index is 11.2. The predicted molar refractivity (Wildman–Crippen MR) is 58.2 cm³/mol. The Hall–Kier alpha value is -0.570. The molecular weight excluding hydrogens is 178 g/mol. The number of hydrogen-bond acceptors (Lipinski definition) is 3. The van der Waals surface area contributed by atoms with Crippen LogP contribution in [0.3, 0.4) is 0 Å². The van der Waals surface area contributed by atoms with Gasteiger partial charge < -0.3 is 4.74 Å². The molecule has 0 N–H and O–H groups in total. The molecule has 0 unspecified atom stereocenters. The molecule has 14 heavy (non-hydrogen) atoms. The van der Waals surface area contributed by atoms with E-state index < -0.39 is 0 Å². The molecule has 84 valence electrons. The van der Waals surface area contributed by atoms with Crippen LogP contribution in [0, 0.1) is 5.92 Å². The SMILES string of the molecule is CC(C)CCN(C)CC(=O)OC(C)C. The van der Waals surface area contributed by atoms with Crippen molar-refractivity contribution < 1.29 is 9.53 Å². The summed E-state index contributed by atoms with van der Waals surface area (Å²) in [7, 11) is 1.95. The molecule has 0 radical (unpaired) electrons. The van der Waals surface area contributed by atoms with E-state index in [1.54, 1.807) is 0 Å². The molecule has 0 atom stereocenters. The van der Waals surface area contributed by atoms with Crippen LogP contribution in [-0.4, -0.2) is 37.1 Å². The number of carbonyl (C=O) groups is 1. The van der Waals surface area contributed by atoms with Crippen LogP contribution in [0.2, 0.25) is 0 Å². The minimum Gasteiger partial charge on any atom is -0.462 e. The Morgan fingerprint density at radius 1 is 1.29 bits per heavy atom. The fourth-order valence-electron chi connectivity index (χ4n) is 1.08. The average Bonchev–Trinajstić information content (AvgIpc) is 1.98. The maximum Gasteiger partial charge on any atom is 0.320 e. The quantitative estimate of drug-likeness (QED) is 0.615. The zero-order valence-electron chi connectivity index (χ0n) is 10.0. The summed E-state index contributed by atoms with van der Waals surface area (Å²) in [5, 5.41) is 0. The van der Waals surface area contributed by atoms with Crippen molar-refractivity contribution in [1.82, 2.24) is 4.90 Å². The van der Waals surface area contributed by atoms with Crippen LogP contribution in [0.4, 0.5) is 0 Å². The zero-order chi connectivity index (χ0) is 11.1. The van der Waals surface area contributed by atoms with E-state index in [0.717, 1.165) is 13.0 Å². The first-order valence-corrected chi connectivity index (χ1v) is 5.29. The highest BCUT2D eigenvalue weighted by atomic mass is 16.5. The molecule has 0 heterocycles. The van der Waals surface area contributed by atoms with Crippen LogP contribution >= 0.6 is 0 Å². The molecule has 0 aromatic carbocycles. The Morgan fingerprint density at radius 2 is 1.86 bits per heavy atom. The summed E-state index contributed by atoms with van der Waals surface area (Å²) in [6, 6.07) is 0. The van der Waals surface area contributed by atoms with Gasteiger partial charge in [0.25, 0.3) is 0 Å². The lowest BCUT2D eigenvalue weighted by Gasteiger charge is -2.17. The van der Waals surface area contributed by atoms with E-state index in [2.05, 4.69) is 13.8 Å². The Morgan fingerprint density at radius 3 is 2.29 bits per heavy atom. The Bertz CT molecular complexity index is 167. The van der Waals surface area contributed by atoms with E-state index >= 15 is 0 Å². The molecule has 0 aliphatic carbocycles. The van der Waals surface area contributed by atoms with Gasteiger partial charge >= 0.3 is 5.97 Å². The minimum absolute atomic E-state index is 0.0130. The molecule has 0 saturated heterocycles. The van der Waals surface area contributed by atoms with E-state index in [-0.39, 0.29) is 12.1 Å². The normalized spacial score (nSPS) is 11.4. The van der Waals surface area contributed by atoms with Gasteiger partial charge in [-0.25, -0.2) is 0 Å². The summed E-state index contributed by atoms with van der Waals surface area (Å²) < 4.78 is 5.05. The highest BCUT2D eigenvalue weighted by molar-refractivity contribution is 5.71. The standard InChI is InChI=1S/C11H23NO2/c1-9(2)6-7-12(5)8-11(13)14-10(3)4/h9-10H,6-8H2,1-5H3. The number of likely N-dealkylation sites (N-methyl/N-ethyl adjacent to an activating group) is 1. The molecule has 0 spiro atoms. The van der Waals surface area contributed by atoms with Crippen molar-refractivity contribution in [2.24, 2.45) is 5.92 Å². The van der Waals surface area contributed by atoms with Crippen LogP contribution in [0.15, 0.2) is 0 Å². The van der Waals surface area contributed by atoms with Gasteiger partial charge in [-0.1, -0.05) is 13.8 Å². The summed E-state index contributed by atoms with van der Waals surface area (Å²) >= 11 is 0. The highest BCUT2D eigenvalue weighted by Crippen LogP contribution is 2.00. The van der Waals surface area contributed by atoms with Crippen LogP contribution in [0.1, 0.15) is 34.1 Å². The largest absolute Gasteiger partial charge is 0.462 e. The second-order valence-corrected chi connectivity index (χ2v) is 4.46. The minimum atomic E-state index is -0.133. The molecule has 0 rings (SSSR count). The van der Waals surface area contributed by atoms with Gasteiger partial charge in [0.15, 0.2) is 0 Å². The summed E-state index contributed by atoms with van der Waals surface area (Å²) in [6.07, 6.45) is 1.10. The van der Waals surface area contributed by atoms with Gasteiger partial charge in [-0.3, -0.25) is 9.69 Å². The van der Waals surface area contributed by atoms with Crippen LogP contribution in [0.25, 0.3) is 0 Å². The number of nitrogens with zero attached hydrogens (tertiary/aromatic N) is 1. The maximum absolute atomic E-state index is 11.2. The molecule has 0 fully saturated rings. The predicted octanol–water partition coefficient (Wildman–Crippen LogP) is 1.92.